The summed E-state index contributed by atoms with van der Waals surface area (Å²) in [5.74, 6) is 2.34. The predicted octanol–water partition coefficient (Wildman–Crippen LogP) is 2.96. The fourth-order valence-corrected chi connectivity index (χ4v) is 1.18. The standard InChI is InChI=1S/C12H14FN/c1-3-4-5-8-14-12-7-6-10(2)9-11(12)13/h1,6-7,9,14H,4-5,8H2,2H3. The average Bonchev–Trinajstić information content (AvgIpc) is 2.15. The van der Waals surface area contributed by atoms with E-state index in [1.165, 1.54) is 6.07 Å². The average molecular weight is 191 g/mol. The van der Waals surface area contributed by atoms with Gasteiger partial charge in [-0.15, -0.1) is 12.3 Å². The zero-order chi connectivity index (χ0) is 10.4. The van der Waals surface area contributed by atoms with E-state index in [0.29, 0.717) is 12.2 Å². The van der Waals surface area contributed by atoms with Gasteiger partial charge in [-0.3, -0.25) is 0 Å². The minimum Gasteiger partial charge on any atom is -0.383 e. The first-order chi connectivity index (χ1) is 6.74. The van der Waals surface area contributed by atoms with Crippen molar-refractivity contribution in [2.24, 2.45) is 0 Å². The van der Waals surface area contributed by atoms with Crippen LogP contribution < -0.4 is 5.32 Å². The molecule has 0 fully saturated rings. The van der Waals surface area contributed by atoms with E-state index in [2.05, 4.69) is 11.2 Å². The van der Waals surface area contributed by atoms with Gasteiger partial charge in [0.2, 0.25) is 0 Å². The third-order valence-corrected chi connectivity index (χ3v) is 1.94. The van der Waals surface area contributed by atoms with E-state index in [9.17, 15) is 4.39 Å². The molecule has 0 atom stereocenters. The smallest absolute Gasteiger partial charge is 0.146 e. The Morgan fingerprint density at radius 2 is 2.29 bits per heavy atom. The molecule has 0 spiro atoms. The molecule has 1 aromatic carbocycles. The Morgan fingerprint density at radius 1 is 1.50 bits per heavy atom. The molecule has 0 bridgehead atoms. The number of hydrogen-bond donors (Lipinski definition) is 1. The summed E-state index contributed by atoms with van der Waals surface area (Å²) >= 11 is 0. The fraction of sp³-hybridized carbons (Fsp3) is 0.333. The number of halogens is 1. The molecule has 1 nitrogen and oxygen atoms in total. The SMILES string of the molecule is C#CCCCNc1ccc(C)cc1F. The molecule has 1 rings (SSSR count). The van der Waals surface area contributed by atoms with Crippen LogP contribution in [0.4, 0.5) is 10.1 Å². The Hall–Kier alpha value is -1.49. The lowest BCUT2D eigenvalue weighted by molar-refractivity contribution is 0.628. The van der Waals surface area contributed by atoms with Crippen LogP contribution in [-0.4, -0.2) is 6.54 Å². The van der Waals surface area contributed by atoms with Crippen LogP contribution in [0.15, 0.2) is 18.2 Å². The number of unbranched alkanes of at least 4 members (excludes halogenated alkanes) is 1. The summed E-state index contributed by atoms with van der Waals surface area (Å²) in [5.41, 5.74) is 1.48. The molecule has 0 saturated carbocycles. The number of hydrogen-bond acceptors (Lipinski definition) is 1. The number of terminal acetylenes is 1. The monoisotopic (exact) mass is 191 g/mol. The lowest BCUT2D eigenvalue weighted by atomic mass is 10.2. The van der Waals surface area contributed by atoms with E-state index in [-0.39, 0.29) is 5.82 Å². The van der Waals surface area contributed by atoms with E-state index < -0.39 is 0 Å². The maximum absolute atomic E-state index is 13.3. The quantitative estimate of drug-likeness (QED) is 0.570. The summed E-state index contributed by atoms with van der Waals surface area (Å²) in [6, 6.07) is 5.15. The first kappa shape index (κ1) is 10.6. The highest BCUT2D eigenvalue weighted by atomic mass is 19.1. The first-order valence-corrected chi connectivity index (χ1v) is 4.67. The molecule has 0 aliphatic rings. The van der Waals surface area contributed by atoms with Gasteiger partial charge in [-0.25, -0.2) is 4.39 Å². The van der Waals surface area contributed by atoms with Crippen LogP contribution in [0, 0.1) is 25.1 Å². The van der Waals surface area contributed by atoms with Crippen LogP contribution in [0.25, 0.3) is 0 Å². The van der Waals surface area contributed by atoms with Gasteiger partial charge in [0.25, 0.3) is 0 Å². The number of anilines is 1. The van der Waals surface area contributed by atoms with Crippen LogP contribution in [0.5, 0.6) is 0 Å². The molecule has 2 heteroatoms. The fourth-order valence-electron chi connectivity index (χ4n) is 1.18. The van der Waals surface area contributed by atoms with Crippen molar-refractivity contribution in [2.75, 3.05) is 11.9 Å². The molecule has 0 aliphatic carbocycles. The molecule has 14 heavy (non-hydrogen) atoms. The molecule has 1 aromatic rings. The molecule has 0 saturated heterocycles. The third-order valence-electron chi connectivity index (χ3n) is 1.94. The van der Waals surface area contributed by atoms with Crippen LogP contribution in [-0.2, 0) is 0 Å². The molecule has 0 aromatic heterocycles. The molecule has 0 radical (unpaired) electrons. The summed E-state index contributed by atoms with van der Waals surface area (Å²) in [5, 5.41) is 3.00. The summed E-state index contributed by atoms with van der Waals surface area (Å²) in [6.07, 6.45) is 6.69. The van der Waals surface area contributed by atoms with Gasteiger partial charge < -0.3 is 5.32 Å². The van der Waals surface area contributed by atoms with Crippen molar-refractivity contribution in [3.8, 4) is 12.3 Å². The molecule has 74 valence electrons. The van der Waals surface area contributed by atoms with Crippen molar-refractivity contribution in [1.82, 2.24) is 0 Å². The number of rotatable bonds is 4. The van der Waals surface area contributed by atoms with Gasteiger partial charge in [-0.2, -0.15) is 0 Å². The number of nitrogens with one attached hydrogen (secondary N) is 1. The summed E-state index contributed by atoms with van der Waals surface area (Å²) < 4.78 is 13.3. The number of aryl methyl sites for hydroxylation is 1. The maximum atomic E-state index is 13.3. The van der Waals surface area contributed by atoms with Gasteiger partial charge in [0.15, 0.2) is 0 Å². The van der Waals surface area contributed by atoms with Crippen LogP contribution >= 0.6 is 0 Å². The molecule has 0 aliphatic heterocycles. The van der Waals surface area contributed by atoms with Crippen LogP contribution in [0.3, 0.4) is 0 Å². The van der Waals surface area contributed by atoms with Crippen molar-refractivity contribution in [2.45, 2.75) is 19.8 Å². The van der Waals surface area contributed by atoms with Crippen LogP contribution in [0.2, 0.25) is 0 Å². The second-order valence-electron chi connectivity index (χ2n) is 3.22. The largest absolute Gasteiger partial charge is 0.383 e. The molecule has 0 unspecified atom stereocenters. The molecular weight excluding hydrogens is 177 g/mol. The second kappa shape index (κ2) is 5.29. The molecule has 1 N–H and O–H groups in total. The molecule has 0 amide bonds. The lowest BCUT2D eigenvalue weighted by Crippen LogP contribution is -2.02. The Balaban J connectivity index is 2.47. The highest BCUT2D eigenvalue weighted by molar-refractivity contribution is 5.45. The van der Waals surface area contributed by atoms with Gasteiger partial charge in [0, 0.05) is 13.0 Å². The Labute approximate surface area is 84.3 Å². The van der Waals surface area contributed by atoms with Crippen molar-refractivity contribution >= 4 is 5.69 Å². The van der Waals surface area contributed by atoms with Gasteiger partial charge in [-0.05, 0) is 31.0 Å². The normalized spacial score (nSPS) is 9.50. The van der Waals surface area contributed by atoms with E-state index in [1.54, 1.807) is 6.07 Å². The Bertz CT molecular complexity index is 339. The summed E-state index contributed by atoms with van der Waals surface area (Å²) in [7, 11) is 0. The Morgan fingerprint density at radius 3 is 2.93 bits per heavy atom. The Kier molecular flexibility index (Phi) is 4.00. The maximum Gasteiger partial charge on any atom is 0.146 e. The van der Waals surface area contributed by atoms with Gasteiger partial charge in [0.1, 0.15) is 5.82 Å². The van der Waals surface area contributed by atoms with E-state index in [1.807, 2.05) is 13.0 Å². The lowest BCUT2D eigenvalue weighted by Gasteiger charge is -2.06. The highest BCUT2D eigenvalue weighted by Crippen LogP contribution is 2.14. The van der Waals surface area contributed by atoms with Crippen LogP contribution in [0.1, 0.15) is 18.4 Å². The molecule has 0 heterocycles. The van der Waals surface area contributed by atoms with E-state index >= 15 is 0 Å². The van der Waals surface area contributed by atoms with Crippen molar-refractivity contribution in [3.63, 3.8) is 0 Å². The topological polar surface area (TPSA) is 12.0 Å². The zero-order valence-electron chi connectivity index (χ0n) is 8.31. The van der Waals surface area contributed by atoms with Crippen molar-refractivity contribution in [1.29, 1.82) is 0 Å². The highest BCUT2D eigenvalue weighted by Gasteiger charge is 1.99. The summed E-state index contributed by atoms with van der Waals surface area (Å²) in [6.45, 7) is 2.58. The van der Waals surface area contributed by atoms with Crippen molar-refractivity contribution < 1.29 is 4.39 Å². The van der Waals surface area contributed by atoms with E-state index in [0.717, 1.165) is 18.4 Å². The minimum atomic E-state index is -0.203. The first-order valence-electron chi connectivity index (χ1n) is 4.67. The van der Waals surface area contributed by atoms with Gasteiger partial charge >= 0.3 is 0 Å². The number of benzene rings is 1. The van der Waals surface area contributed by atoms with E-state index in [4.69, 9.17) is 6.42 Å². The summed E-state index contributed by atoms with van der Waals surface area (Å²) in [4.78, 5) is 0. The predicted molar refractivity (Wildman–Crippen MR) is 57.7 cm³/mol. The van der Waals surface area contributed by atoms with Gasteiger partial charge in [-0.1, -0.05) is 6.07 Å². The molecular formula is C12H14FN. The van der Waals surface area contributed by atoms with Gasteiger partial charge in [0.05, 0.1) is 5.69 Å². The van der Waals surface area contributed by atoms with Crippen molar-refractivity contribution in [3.05, 3.63) is 29.6 Å². The second-order valence-corrected chi connectivity index (χ2v) is 3.22. The zero-order valence-corrected chi connectivity index (χ0v) is 8.31. The minimum absolute atomic E-state index is 0.203. The third kappa shape index (κ3) is 3.10.